The Bertz CT molecular complexity index is 1910. The van der Waals surface area contributed by atoms with Gasteiger partial charge in [-0.15, -0.1) is 0 Å². The molecule has 0 saturated carbocycles. The van der Waals surface area contributed by atoms with Crippen LogP contribution in [0.5, 0.6) is 0 Å². The molecule has 0 saturated heterocycles. The standard InChI is InChI=1S/C32H19N/c1-2-10-21(11-3-1)33-29-16-7-6-13-23(29)27-19-28-30-22-12-5-4-9-20(22)17-18-25(30)24-14-8-15-26(31(24)28)32(27)33/h1-19H. The van der Waals surface area contributed by atoms with Gasteiger partial charge in [-0.2, -0.15) is 0 Å². The number of fused-ring (bicyclic) bond motifs is 9. The highest BCUT2D eigenvalue weighted by molar-refractivity contribution is 6.29. The van der Waals surface area contributed by atoms with E-state index in [0.29, 0.717) is 0 Å². The fraction of sp³-hybridized carbons (Fsp3) is 0. The first-order chi connectivity index (χ1) is 16.4. The zero-order valence-corrected chi connectivity index (χ0v) is 17.9. The Balaban J connectivity index is 1.64. The zero-order valence-electron chi connectivity index (χ0n) is 17.9. The minimum Gasteiger partial charge on any atom is -0.309 e. The van der Waals surface area contributed by atoms with Gasteiger partial charge in [0.1, 0.15) is 0 Å². The van der Waals surface area contributed by atoms with E-state index in [1.807, 2.05) is 0 Å². The molecule has 1 aromatic heterocycles. The minimum absolute atomic E-state index is 1.20. The fourth-order valence-corrected chi connectivity index (χ4v) is 5.99. The summed E-state index contributed by atoms with van der Waals surface area (Å²) in [5.41, 5.74) is 9.16. The molecule has 33 heavy (non-hydrogen) atoms. The average molecular weight is 418 g/mol. The summed E-state index contributed by atoms with van der Waals surface area (Å²) < 4.78 is 2.44. The molecule has 0 atom stereocenters. The van der Waals surface area contributed by atoms with Gasteiger partial charge in [0.25, 0.3) is 0 Å². The second-order valence-corrected chi connectivity index (χ2v) is 8.95. The summed E-state index contributed by atoms with van der Waals surface area (Å²) in [4.78, 5) is 0. The van der Waals surface area contributed by atoms with Crippen molar-refractivity contribution in [1.29, 1.82) is 0 Å². The summed E-state index contributed by atoms with van der Waals surface area (Å²) in [7, 11) is 0. The van der Waals surface area contributed by atoms with Crippen molar-refractivity contribution in [3.8, 4) is 27.9 Å². The molecular weight excluding hydrogens is 398 g/mol. The topological polar surface area (TPSA) is 4.93 Å². The number of aromatic nitrogens is 1. The predicted octanol–water partition coefficient (Wildman–Crippen LogP) is 8.74. The SMILES string of the molecule is c1ccc(-n2c3ccccc3c3cc4c5c(cccc5c32)-c2ccc3ccccc3c2-4)cc1. The molecule has 0 amide bonds. The highest BCUT2D eigenvalue weighted by Crippen LogP contribution is 2.53. The van der Waals surface area contributed by atoms with Crippen molar-refractivity contribution in [2.75, 3.05) is 0 Å². The van der Waals surface area contributed by atoms with Crippen LogP contribution in [-0.2, 0) is 0 Å². The Kier molecular flexibility index (Phi) is 3.19. The van der Waals surface area contributed by atoms with Crippen LogP contribution < -0.4 is 0 Å². The summed E-state index contributed by atoms with van der Waals surface area (Å²) in [6.07, 6.45) is 0. The van der Waals surface area contributed by atoms with E-state index in [-0.39, 0.29) is 0 Å². The first-order valence-corrected chi connectivity index (χ1v) is 11.5. The van der Waals surface area contributed by atoms with Gasteiger partial charge in [0.05, 0.1) is 11.0 Å². The Morgan fingerprint density at radius 3 is 2.12 bits per heavy atom. The van der Waals surface area contributed by atoms with Crippen molar-refractivity contribution in [2.45, 2.75) is 0 Å². The third-order valence-corrected chi connectivity index (χ3v) is 7.29. The summed E-state index contributed by atoms with van der Waals surface area (Å²) >= 11 is 0. The van der Waals surface area contributed by atoms with E-state index < -0.39 is 0 Å². The largest absolute Gasteiger partial charge is 0.309 e. The molecule has 0 N–H and O–H groups in total. The fourth-order valence-electron chi connectivity index (χ4n) is 5.99. The average Bonchev–Trinajstić information content (AvgIpc) is 3.39. The second-order valence-electron chi connectivity index (χ2n) is 8.95. The summed E-state index contributed by atoms with van der Waals surface area (Å²) in [6, 6.07) is 42.1. The maximum atomic E-state index is 2.45. The lowest BCUT2D eigenvalue weighted by atomic mass is 9.95. The van der Waals surface area contributed by atoms with Crippen molar-refractivity contribution in [3.63, 3.8) is 0 Å². The molecular formula is C32H19N. The minimum atomic E-state index is 1.20. The van der Waals surface area contributed by atoms with E-state index in [0.717, 1.165) is 0 Å². The molecule has 6 aromatic carbocycles. The number of benzene rings is 6. The van der Waals surface area contributed by atoms with Gasteiger partial charge >= 0.3 is 0 Å². The molecule has 1 heteroatoms. The monoisotopic (exact) mass is 417 g/mol. The number of nitrogens with zero attached hydrogens (tertiary/aromatic N) is 1. The van der Waals surface area contributed by atoms with Crippen LogP contribution in [0.2, 0.25) is 0 Å². The summed E-state index contributed by atoms with van der Waals surface area (Å²) in [5.74, 6) is 0. The lowest BCUT2D eigenvalue weighted by Gasteiger charge is -2.11. The van der Waals surface area contributed by atoms with E-state index in [2.05, 4.69) is 120 Å². The maximum Gasteiger partial charge on any atom is 0.0620 e. The van der Waals surface area contributed by atoms with Crippen molar-refractivity contribution < 1.29 is 0 Å². The van der Waals surface area contributed by atoms with Crippen molar-refractivity contribution in [2.24, 2.45) is 0 Å². The van der Waals surface area contributed by atoms with Gasteiger partial charge in [-0.25, -0.2) is 0 Å². The van der Waals surface area contributed by atoms with Crippen LogP contribution in [0.25, 0.3) is 71.3 Å². The van der Waals surface area contributed by atoms with Gasteiger partial charge in [0.2, 0.25) is 0 Å². The highest BCUT2D eigenvalue weighted by atomic mass is 15.0. The molecule has 0 fully saturated rings. The first-order valence-electron chi connectivity index (χ1n) is 11.5. The zero-order chi connectivity index (χ0) is 21.5. The molecule has 0 spiro atoms. The number of para-hydroxylation sites is 2. The van der Waals surface area contributed by atoms with Crippen LogP contribution in [0.4, 0.5) is 0 Å². The third kappa shape index (κ3) is 2.12. The van der Waals surface area contributed by atoms with Crippen LogP contribution in [0, 0.1) is 0 Å². The number of hydrogen-bond acceptors (Lipinski definition) is 0. The Morgan fingerprint density at radius 1 is 0.455 bits per heavy atom. The van der Waals surface area contributed by atoms with Crippen molar-refractivity contribution >= 4 is 43.4 Å². The van der Waals surface area contributed by atoms with Crippen LogP contribution >= 0.6 is 0 Å². The molecule has 7 aromatic rings. The smallest absolute Gasteiger partial charge is 0.0620 e. The first kappa shape index (κ1) is 17.2. The summed E-state index contributed by atoms with van der Waals surface area (Å²) in [5, 5.41) is 7.93. The molecule has 8 rings (SSSR count). The third-order valence-electron chi connectivity index (χ3n) is 7.29. The Hall–Kier alpha value is -4.36. The van der Waals surface area contributed by atoms with Crippen LogP contribution in [0.15, 0.2) is 115 Å². The quantitative estimate of drug-likeness (QED) is 0.252. The van der Waals surface area contributed by atoms with Gasteiger partial charge in [-0.3, -0.25) is 0 Å². The Morgan fingerprint density at radius 2 is 1.21 bits per heavy atom. The molecule has 0 aliphatic heterocycles. The lowest BCUT2D eigenvalue weighted by molar-refractivity contribution is 1.19. The van der Waals surface area contributed by atoms with Crippen LogP contribution in [0.1, 0.15) is 0 Å². The second kappa shape index (κ2) is 6.11. The van der Waals surface area contributed by atoms with Crippen molar-refractivity contribution in [1.82, 2.24) is 4.57 Å². The Labute approximate surface area is 191 Å². The van der Waals surface area contributed by atoms with Gasteiger partial charge < -0.3 is 4.57 Å². The van der Waals surface area contributed by atoms with Crippen LogP contribution in [-0.4, -0.2) is 4.57 Å². The van der Waals surface area contributed by atoms with Gasteiger partial charge in [0.15, 0.2) is 0 Å². The van der Waals surface area contributed by atoms with E-state index in [1.54, 1.807) is 0 Å². The van der Waals surface area contributed by atoms with E-state index in [4.69, 9.17) is 0 Å². The molecule has 1 aliphatic rings. The summed E-state index contributed by atoms with van der Waals surface area (Å²) in [6.45, 7) is 0. The highest BCUT2D eigenvalue weighted by Gasteiger charge is 2.26. The van der Waals surface area contributed by atoms with Gasteiger partial charge in [0, 0.05) is 21.8 Å². The lowest BCUT2D eigenvalue weighted by Crippen LogP contribution is -1.94. The van der Waals surface area contributed by atoms with E-state index >= 15 is 0 Å². The molecule has 0 radical (unpaired) electrons. The molecule has 1 aliphatic carbocycles. The molecule has 152 valence electrons. The normalized spacial score (nSPS) is 12.2. The molecule has 1 nitrogen and oxygen atoms in total. The molecule has 1 heterocycles. The molecule has 0 bridgehead atoms. The van der Waals surface area contributed by atoms with Crippen LogP contribution in [0.3, 0.4) is 0 Å². The number of rotatable bonds is 1. The predicted molar refractivity (Wildman–Crippen MR) is 140 cm³/mol. The molecule has 0 unspecified atom stereocenters. The van der Waals surface area contributed by atoms with E-state index in [9.17, 15) is 0 Å². The van der Waals surface area contributed by atoms with E-state index in [1.165, 1.54) is 71.3 Å². The van der Waals surface area contributed by atoms with Gasteiger partial charge in [-0.05, 0) is 62.7 Å². The van der Waals surface area contributed by atoms with Gasteiger partial charge in [-0.1, -0.05) is 91.0 Å². The maximum absolute atomic E-state index is 2.45. The number of hydrogen-bond donors (Lipinski definition) is 0. The van der Waals surface area contributed by atoms with Crippen molar-refractivity contribution in [3.05, 3.63) is 115 Å².